The number of aryl methyl sites for hydroxylation is 2. The zero-order valence-electron chi connectivity index (χ0n) is 10.7. The van der Waals surface area contributed by atoms with Crippen LogP contribution in [0.2, 0.25) is 0 Å². The Morgan fingerprint density at radius 3 is 3.06 bits per heavy atom. The van der Waals surface area contributed by atoms with Gasteiger partial charge in [-0.2, -0.15) is 5.10 Å². The van der Waals surface area contributed by atoms with E-state index in [9.17, 15) is 0 Å². The summed E-state index contributed by atoms with van der Waals surface area (Å²) in [6.07, 6.45) is 2.57. The third-order valence-corrected chi connectivity index (χ3v) is 5.04. The summed E-state index contributed by atoms with van der Waals surface area (Å²) in [7, 11) is 2.03. The van der Waals surface area contributed by atoms with Gasteiger partial charge in [0, 0.05) is 23.4 Å². The van der Waals surface area contributed by atoms with Crippen LogP contribution < -0.4 is 5.32 Å². The summed E-state index contributed by atoms with van der Waals surface area (Å²) in [4.78, 5) is 2.78. The van der Waals surface area contributed by atoms with Gasteiger partial charge in [0.15, 0.2) is 0 Å². The van der Waals surface area contributed by atoms with Crippen LogP contribution in [0.5, 0.6) is 0 Å². The molecule has 0 radical (unpaired) electrons. The van der Waals surface area contributed by atoms with E-state index in [1.165, 1.54) is 27.9 Å². The van der Waals surface area contributed by atoms with Gasteiger partial charge in [-0.05, 0) is 38.3 Å². The average Bonchev–Trinajstić information content (AvgIpc) is 2.82. The van der Waals surface area contributed by atoms with Crippen molar-refractivity contribution in [1.82, 2.24) is 15.1 Å². The molecule has 0 bridgehead atoms. The van der Waals surface area contributed by atoms with Crippen molar-refractivity contribution in [2.45, 2.75) is 32.7 Å². The summed E-state index contributed by atoms with van der Waals surface area (Å²) in [5.74, 6) is 0.839. The molecule has 3 nitrogen and oxygen atoms in total. The van der Waals surface area contributed by atoms with Gasteiger partial charge in [0.1, 0.15) is 4.83 Å². The van der Waals surface area contributed by atoms with Gasteiger partial charge in [-0.15, -0.1) is 11.3 Å². The van der Waals surface area contributed by atoms with Gasteiger partial charge in [0.05, 0.1) is 5.69 Å². The largest absolute Gasteiger partial charge is 0.309 e. The second-order valence-electron chi connectivity index (χ2n) is 5.21. The summed E-state index contributed by atoms with van der Waals surface area (Å²) in [6, 6.07) is 2.88. The van der Waals surface area contributed by atoms with Crippen molar-refractivity contribution < 1.29 is 0 Å². The van der Waals surface area contributed by atoms with Crippen molar-refractivity contribution in [3.05, 3.63) is 16.6 Å². The molecule has 17 heavy (non-hydrogen) atoms. The van der Waals surface area contributed by atoms with E-state index in [0.717, 1.165) is 18.2 Å². The number of fused-ring (bicyclic) bond motifs is 1. The van der Waals surface area contributed by atoms with E-state index in [1.807, 2.05) is 23.1 Å². The predicted octanol–water partition coefficient (Wildman–Crippen LogP) is 3.00. The number of hydrogen-bond donors (Lipinski definition) is 1. The molecule has 2 aromatic heterocycles. The monoisotopic (exact) mass is 249 g/mol. The lowest BCUT2D eigenvalue weighted by Gasteiger charge is -2.27. The first-order valence-electron chi connectivity index (χ1n) is 6.31. The lowest BCUT2D eigenvalue weighted by molar-refractivity contribution is 0.328. The minimum Gasteiger partial charge on any atom is -0.309 e. The number of hydrogen-bond acceptors (Lipinski definition) is 3. The van der Waals surface area contributed by atoms with Crippen molar-refractivity contribution in [1.29, 1.82) is 0 Å². The van der Waals surface area contributed by atoms with Crippen molar-refractivity contribution in [3.8, 4) is 0 Å². The number of rotatable bonds is 1. The first-order valence-corrected chi connectivity index (χ1v) is 7.13. The Balaban J connectivity index is 1.97. The Kier molecular flexibility index (Phi) is 2.71. The topological polar surface area (TPSA) is 29.9 Å². The Morgan fingerprint density at radius 1 is 1.53 bits per heavy atom. The van der Waals surface area contributed by atoms with Crippen molar-refractivity contribution >= 4 is 21.6 Å². The van der Waals surface area contributed by atoms with Crippen LogP contribution in [0.1, 0.15) is 36.4 Å². The predicted molar refractivity (Wildman–Crippen MR) is 72.5 cm³/mol. The quantitative estimate of drug-likeness (QED) is 0.842. The molecule has 1 saturated heterocycles. The molecule has 0 aromatic carbocycles. The highest BCUT2D eigenvalue weighted by Crippen LogP contribution is 2.35. The maximum Gasteiger partial charge on any atom is 0.121 e. The van der Waals surface area contributed by atoms with Crippen LogP contribution in [-0.2, 0) is 7.05 Å². The second-order valence-corrected chi connectivity index (χ2v) is 6.28. The van der Waals surface area contributed by atoms with Gasteiger partial charge in [-0.1, -0.05) is 6.92 Å². The molecular weight excluding hydrogens is 230 g/mol. The molecule has 0 aliphatic carbocycles. The molecule has 0 saturated carbocycles. The maximum atomic E-state index is 4.46. The molecule has 1 aliphatic rings. The van der Waals surface area contributed by atoms with Crippen molar-refractivity contribution in [3.63, 3.8) is 0 Å². The number of piperidine rings is 1. The van der Waals surface area contributed by atoms with E-state index in [2.05, 4.69) is 30.3 Å². The van der Waals surface area contributed by atoms with Crippen LogP contribution in [0.3, 0.4) is 0 Å². The Hall–Kier alpha value is -0.870. The number of aromatic nitrogens is 2. The molecule has 4 heteroatoms. The third-order valence-electron chi connectivity index (χ3n) is 3.72. The van der Waals surface area contributed by atoms with E-state index in [0.29, 0.717) is 6.04 Å². The highest BCUT2D eigenvalue weighted by molar-refractivity contribution is 7.18. The number of thiophene rings is 1. The van der Waals surface area contributed by atoms with Crippen LogP contribution in [0, 0.1) is 12.8 Å². The Morgan fingerprint density at radius 2 is 2.35 bits per heavy atom. The van der Waals surface area contributed by atoms with Crippen LogP contribution in [0.15, 0.2) is 6.07 Å². The second kappa shape index (κ2) is 4.10. The minimum atomic E-state index is 0.551. The van der Waals surface area contributed by atoms with Gasteiger partial charge < -0.3 is 5.32 Å². The summed E-state index contributed by atoms with van der Waals surface area (Å²) in [5.41, 5.74) is 1.15. The fraction of sp³-hybridized carbons (Fsp3) is 0.615. The highest BCUT2D eigenvalue weighted by atomic mass is 32.1. The van der Waals surface area contributed by atoms with Crippen molar-refractivity contribution in [2.24, 2.45) is 13.0 Å². The Bertz CT molecular complexity index is 506. The molecular formula is C13H19N3S. The average molecular weight is 249 g/mol. The van der Waals surface area contributed by atoms with Gasteiger partial charge >= 0.3 is 0 Å². The highest BCUT2D eigenvalue weighted by Gasteiger charge is 2.22. The zero-order valence-corrected chi connectivity index (χ0v) is 11.5. The fourth-order valence-electron chi connectivity index (χ4n) is 2.72. The third kappa shape index (κ3) is 1.89. The van der Waals surface area contributed by atoms with Crippen LogP contribution in [-0.4, -0.2) is 16.3 Å². The Labute approximate surface area is 106 Å². The normalized spacial score (nSPS) is 25.6. The maximum absolute atomic E-state index is 4.46. The molecule has 0 spiro atoms. The van der Waals surface area contributed by atoms with Gasteiger partial charge in [-0.25, -0.2) is 0 Å². The first kappa shape index (κ1) is 11.2. The van der Waals surface area contributed by atoms with Gasteiger partial charge in [-0.3, -0.25) is 4.68 Å². The van der Waals surface area contributed by atoms with E-state index < -0.39 is 0 Å². The molecule has 92 valence electrons. The number of nitrogens with one attached hydrogen (secondary N) is 1. The van der Waals surface area contributed by atoms with Crippen LogP contribution in [0.25, 0.3) is 10.2 Å². The molecule has 1 N–H and O–H groups in total. The van der Waals surface area contributed by atoms with E-state index in [4.69, 9.17) is 0 Å². The van der Waals surface area contributed by atoms with E-state index in [-0.39, 0.29) is 0 Å². The first-order chi connectivity index (χ1) is 8.15. The molecule has 1 aliphatic heterocycles. The lowest BCUT2D eigenvalue weighted by Crippen LogP contribution is -2.30. The summed E-state index contributed by atoms with van der Waals surface area (Å²) in [6.45, 7) is 5.60. The summed E-state index contributed by atoms with van der Waals surface area (Å²) < 4.78 is 2.01. The summed E-state index contributed by atoms with van der Waals surface area (Å²) in [5, 5.41) is 9.42. The SMILES string of the molecule is Cc1nn(C)c2sc(C3CC(C)CCN3)cc12. The van der Waals surface area contributed by atoms with Crippen LogP contribution in [0.4, 0.5) is 0 Å². The molecule has 0 amide bonds. The molecule has 3 heterocycles. The zero-order chi connectivity index (χ0) is 12.0. The minimum absolute atomic E-state index is 0.551. The van der Waals surface area contributed by atoms with Gasteiger partial charge in [0.25, 0.3) is 0 Å². The number of nitrogens with zero attached hydrogens (tertiary/aromatic N) is 2. The van der Waals surface area contributed by atoms with E-state index in [1.54, 1.807) is 0 Å². The molecule has 1 fully saturated rings. The standard InChI is InChI=1S/C13H19N3S/c1-8-4-5-14-11(6-8)12-7-10-9(2)15-16(3)13(10)17-12/h7-8,11,14H,4-6H2,1-3H3. The molecule has 2 atom stereocenters. The van der Waals surface area contributed by atoms with Crippen molar-refractivity contribution in [2.75, 3.05) is 6.54 Å². The molecule has 3 rings (SSSR count). The van der Waals surface area contributed by atoms with Crippen LogP contribution >= 0.6 is 11.3 Å². The molecule has 2 unspecified atom stereocenters. The smallest absolute Gasteiger partial charge is 0.121 e. The van der Waals surface area contributed by atoms with E-state index >= 15 is 0 Å². The van der Waals surface area contributed by atoms with Gasteiger partial charge in [0.2, 0.25) is 0 Å². The lowest BCUT2D eigenvalue weighted by atomic mass is 9.93. The fourth-order valence-corrected chi connectivity index (χ4v) is 3.93. The molecule has 2 aromatic rings. The summed E-state index contributed by atoms with van der Waals surface area (Å²) >= 11 is 1.89.